The van der Waals surface area contributed by atoms with E-state index in [0.29, 0.717) is 19.0 Å². The summed E-state index contributed by atoms with van der Waals surface area (Å²) in [4.78, 5) is 22.0. The van der Waals surface area contributed by atoms with E-state index in [9.17, 15) is 9.59 Å². The number of hydrogen-bond donors (Lipinski definition) is 1. The Morgan fingerprint density at radius 1 is 1.31 bits per heavy atom. The van der Waals surface area contributed by atoms with Gasteiger partial charge in [-0.15, -0.1) is 11.8 Å². The zero-order chi connectivity index (χ0) is 12.4. The van der Waals surface area contributed by atoms with Gasteiger partial charge in [-0.25, -0.2) is 4.79 Å². The van der Waals surface area contributed by atoms with Crippen LogP contribution in [0.5, 0.6) is 0 Å². The van der Waals surface area contributed by atoms with Crippen molar-refractivity contribution in [2.45, 2.75) is 19.9 Å². The van der Waals surface area contributed by atoms with Gasteiger partial charge in [0.05, 0.1) is 13.2 Å². The first-order valence-corrected chi connectivity index (χ1v) is 6.03. The first-order chi connectivity index (χ1) is 7.61. The predicted molar refractivity (Wildman–Crippen MR) is 62.8 cm³/mol. The number of esters is 2. The molecule has 92 valence electrons. The molecule has 0 aromatic rings. The number of thioether (sulfide) groups is 1. The highest BCUT2D eigenvalue weighted by molar-refractivity contribution is 8.02. The van der Waals surface area contributed by atoms with E-state index in [1.807, 2.05) is 0 Å². The van der Waals surface area contributed by atoms with Crippen LogP contribution >= 0.6 is 11.8 Å². The van der Waals surface area contributed by atoms with Gasteiger partial charge in [-0.2, -0.15) is 0 Å². The minimum absolute atomic E-state index is 0.315. The van der Waals surface area contributed by atoms with Crippen LogP contribution in [0.15, 0.2) is 11.5 Å². The van der Waals surface area contributed by atoms with E-state index >= 15 is 0 Å². The van der Waals surface area contributed by atoms with Crippen LogP contribution in [0.4, 0.5) is 0 Å². The fourth-order valence-corrected chi connectivity index (χ4v) is 1.43. The fourth-order valence-electron chi connectivity index (χ4n) is 0.771. The Morgan fingerprint density at radius 3 is 2.50 bits per heavy atom. The molecule has 0 aliphatic heterocycles. The van der Waals surface area contributed by atoms with Crippen LogP contribution in [-0.4, -0.2) is 36.9 Å². The van der Waals surface area contributed by atoms with Gasteiger partial charge in [0, 0.05) is 11.8 Å². The van der Waals surface area contributed by atoms with E-state index < -0.39 is 18.0 Å². The Morgan fingerprint density at radius 2 is 1.94 bits per heavy atom. The number of carbonyl (C=O) groups excluding carboxylic acids is 2. The minimum atomic E-state index is -0.670. The fraction of sp³-hybridized carbons (Fsp3) is 0.600. The number of ether oxygens (including phenoxy) is 2. The van der Waals surface area contributed by atoms with Gasteiger partial charge in [0.1, 0.15) is 6.04 Å². The van der Waals surface area contributed by atoms with E-state index in [1.54, 1.807) is 19.3 Å². The van der Waals surface area contributed by atoms with Crippen LogP contribution in [0.1, 0.15) is 13.8 Å². The third kappa shape index (κ3) is 7.30. The van der Waals surface area contributed by atoms with Crippen molar-refractivity contribution in [3.8, 4) is 0 Å². The monoisotopic (exact) mass is 247 g/mol. The lowest BCUT2D eigenvalue weighted by Crippen LogP contribution is -2.34. The molecule has 5 nitrogen and oxygen atoms in total. The van der Waals surface area contributed by atoms with Gasteiger partial charge < -0.3 is 15.2 Å². The molecule has 0 aromatic heterocycles. The lowest BCUT2D eigenvalue weighted by atomic mass is 10.4. The highest BCUT2D eigenvalue weighted by Crippen LogP contribution is 2.04. The second kappa shape index (κ2) is 9.23. The Hall–Kier alpha value is -1.01. The van der Waals surface area contributed by atoms with Crippen LogP contribution in [0.2, 0.25) is 0 Å². The smallest absolute Gasteiger partial charge is 0.331 e. The molecule has 0 aliphatic rings. The molecule has 0 rings (SSSR count). The molecule has 16 heavy (non-hydrogen) atoms. The molecule has 2 N–H and O–H groups in total. The average Bonchev–Trinajstić information content (AvgIpc) is 2.24. The van der Waals surface area contributed by atoms with Gasteiger partial charge in [-0.05, 0) is 19.3 Å². The number of nitrogens with two attached hydrogens (primary N) is 1. The summed E-state index contributed by atoms with van der Waals surface area (Å²) in [6.07, 6.45) is 1.30. The Balaban J connectivity index is 3.72. The number of hydrogen-bond acceptors (Lipinski definition) is 6. The summed E-state index contributed by atoms with van der Waals surface area (Å²) in [5.74, 6) is -0.464. The van der Waals surface area contributed by atoms with Gasteiger partial charge in [-0.3, -0.25) is 4.79 Å². The topological polar surface area (TPSA) is 78.6 Å². The first kappa shape index (κ1) is 15.0. The molecular weight excluding hydrogens is 230 g/mol. The maximum atomic E-state index is 11.1. The number of carbonyl (C=O) groups is 2. The maximum Gasteiger partial charge on any atom is 0.331 e. The molecule has 0 aromatic carbocycles. The maximum absolute atomic E-state index is 11.1. The highest BCUT2D eigenvalue weighted by atomic mass is 32.2. The van der Waals surface area contributed by atoms with Crippen molar-refractivity contribution in [3.05, 3.63) is 11.5 Å². The van der Waals surface area contributed by atoms with Crippen molar-refractivity contribution in [2.75, 3.05) is 19.0 Å². The van der Waals surface area contributed by atoms with Gasteiger partial charge in [0.25, 0.3) is 0 Å². The third-order valence-electron chi connectivity index (χ3n) is 1.45. The molecule has 1 unspecified atom stereocenters. The summed E-state index contributed by atoms with van der Waals surface area (Å²) in [5, 5.41) is 1.55. The molecule has 0 saturated carbocycles. The molecule has 6 heteroatoms. The predicted octanol–water partition coefficient (Wildman–Crippen LogP) is 0.687. The van der Waals surface area contributed by atoms with Gasteiger partial charge >= 0.3 is 11.9 Å². The SMILES string of the molecule is CCOC(=O)C=CSCC(N)C(=O)OCC. The van der Waals surface area contributed by atoms with Crippen molar-refractivity contribution >= 4 is 23.7 Å². The highest BCUT2D eigenvalue weighted by Gasteiger charge is 2.13. The molecule has 0 spiro atoms. The van der Waals surface area contributed by atoms with E-state index in [1.165, 1.54) is 17.8 Å². The molecule has 1 atom stereocenters. The molecular formula is C10H17NO4S. The summed E-state index contributed by atoms with van der Waals surface area (Å²) in [6, 6.07) is -0.670. The zero-order valence-corrected chi connectivity index (χ0v) is 10.3. The summed E-state index contributed by atoms with van der Waals surface area (Å²) in [7, 11) is 0. The molecule has 0 radical (unpaired) electrons. The van der Waals surface area contributed by atoms with E-state index in [0.717, 1.165) is 0 Å². The summed E-state index contributed by atoms with van der Waals surface area (Å²) >= 11 is 1.26. The zero-order valence-electron chi connectivity index (χ0n) is 9.47. The molecule has 0 bridgehead atoms. The first-order valence-electron chi connectivity index (χ1n) is 4.98. The van der Waals surface area contributed by atoms with Crippen molar-refractivity contribution in [1.82, 2.24) is 0 Å². The van der Waals surface area contributed by atoms with Crippen molar-refractivity contribution in [3.63, 3.8) is 0 Å². The summed E-state index contributed by atoms with van der Waals surface area (Å²) in [5.41, 5.74) is 5.53. The van der Waals surface area contributed by atoms with Gasteiger partial charge in [0.15, 0.2) is 0 Å². The van der Waals surface area contributed by atoms with Gasteiger partial charge in [-0.1, -0.05) is 0 Å². The average molecular weight is 247 g/mol. The van der Waals surface area contributed by atoms with Crippen molar-refractivity contribution in [2.24, 2.45) is 5.73 Å². The van der Waals surface area contributed by atoms with E-state index in [2.05, 4.69) is 4.74 Å². The molecule has 0 fully saturated rings. The van der Waals surface area contributed by atoms with Crippen molar-refractivity contribution in [1.29, 1.82) is 0 Å². The Kier molecular flexibility index (Phi) is 8.65. The Labute approximate surface area is 99.3 Å². The quantitative estimate of drug-likeness (QED) is 0.526. The Bertz CT molecular complexity index is 255. The van der Waals surface area contributed by atoms with Crippen LogP contribution < -0.4 is 5.73 Å². The van der Waals surface area contributed by atoms with E-state index in [-0.39, 0.29) is 0 Å². The second-order valence-corrected chi connectivity index (χ2v) is 3.69. The lowest BCUT2D eigenvalue weighted by Gasteiger charge is -2.07. The largest absolute Gasteiger partial charge is 0.465 e. The molecule has 0 heterocycles. The summed E-state index contributed by atoms with van der Waals surface area (Å²) < 4.78 is 9.40. The summed E-state index contributed by atoms with van der Waals surface area (Å²) in [6.45, 7) is 4.11. The van der Waals surface area contributed by atoms with Crippen LogP contribution in [0, 0.1) is 0 Å². The molecule has 0 aliphatic carbocycles. The second-order valence-electron chi connectivity index (χ2n) is 2.75. The third-order valence-corrected chi connectivity index (χ3v) is 2.33. The number of rotatable bonds is 7. The molecule has 0 saturated heterocycles. The van der Waals surface area contributed by atoms with Crippen LogP contribution in [-0.2, 0) is 19.1 Å². The van der Waals surface area contributed by atoms with Gasteiger partial charge in [0.2, 0.25) is 0 Å². The lowest BCUT2D eigenvalue weighted by molar-refractivity contribution is -0.144. The van der Waals surface area contributed by atoms with Crippen LogP contribution in [0.3, 0.4) is 0 Å². The van der Waals surface area contributed by atoms with Crippen LogP contribution in [0.25, 0.3) is 0 Å². The minimum Gasteiger partial charge on any atom is -0.465 e. The van der Waals surface area contributed by atoms with E-state index in [4.69, 9.17) is 10.5 Å². The standard InChI is InChI=1S/C10H17NO4S/c1-3-14-9(12)5-6-16-7-8(11)10(13)15-4-2/h5-6,8H,3-4,7,11H2,1-2H3. The normalized spacial score (nSPS) is 12.4. The van der Waals surface area contributed by atoms with Crippen molar-refractivity contribution < 1.29 is 19.1 Å². The molecule has 0 amide bonds.